The van der Waals surface area contributed by atoms with Crippen molar-refractivity contribution in [2.24, 2.45) is 0 Å². The van der Waals surface area contributed by atoms with Crippen LogP contribution in [0.5, 0.6) is 5.75 Å². The van der Waals surface area contributed by atoms with Crippen LogP contribution < -0.4 is 5.32 Å². The van der Waals surface area contributed by atoms with Crippen molar-refractivity contribution in [1.82, 2.24) is 4.98 Å². The Morgan fingerprint density at radius 1 is 1.00 bits per heavy atom. The number of rotatable bonds is 5. The lowest BCUT2D eigenvalue weighted by atomic mass is 10.0. The van der Waals surface area contributed by atoms with Crippen molar-refractivity contribution in [1.29, 1.82) is 0 Å². The van der Waals surface area contributed by atoms with E-state index >= 15 is 0 Å². The summed E-state index contributed by atoms with van der Waals surface area (Å²) in [6, 6.07) is 16.7. The van der Waals surface area contributed by atoms with Crippen molar-refractivity contribution in [3.63, 3.8) is 0 Å². The first kappa shape index (κ1) is 18.4. The van der Waals surface area contributed by atoms with Crippen LogP contribution >= 0.6 is 11.6 Å². The molecule has 0 unspecified atom stereocenters. The number of carbonyl (C=O) groups is 2. The molecule has 1 aromatic heterocycles. The molecule has 0 bridgehead atoms. The van der Waals surface area contributed by atoms with Crippen molar-refractivity contribution in [3.05, 3.63) is 77.6 Å². The molecular formula is C20H15ClN2O4. The topological polar surface area (TPSA) is 88.5 Å². The van der Waals surface area contributed by atoms with Crippen LogP contribution in [0, 0.1) is 0 Å². The molecule has 1 amide bonds. The van der Waals surface area contributed by atoms with Crippen molar-refractivity contribution in [3.8, 4) is 16.9 Å². The Hall–Kier alpha value is -3.38. The second kappa shape index (κ2) is 8.33. The summed E-state index contributed by atoms with van der Waals surface area (Å²) in [5, 5.41) is 12.0. The third-order valence-corrected chi connectivity index (χ3v) is 3.99. The van der Waals surface area contributed by atoms with Gasteiger partial charge in [0.1, 0.15) is 5.75 Å². The summed E-state index contributed by atoms with van der Waals surface area (Å²) in [7, 11) is 0. The molecule has 0 atom stereocenters. The van der Waals surface area contributed by atoms with Gasteiger partial charge in [-0.2, -0.15) is 0 Å². The van der Waals surface area contributed by atoms with E-state index in [0.29, 0.717) is 11.3 Å². The molecule has 0 aliphatic heterocycles. The zero-order chi connectivity index (χ0) is 19.2. The first-order valence-corrected chi connectivity index (χ1v) is 8.38. The highest BCUT2D eigenvalue weighted by Gasteiger charge is 2.12. The number of aromatic hydroxyl groups is 1. The van der Waals surface area contributed by atoms with Gasteiger partial charge in [0.15, 0.2) is 11.8 Å². The highest BCUT2D eigenvalue weighted by atomic mass is 35.5. The monoisotopic (exact) mass is 382 g/mol. The van der Waals surface area contributed by atoms with Gasteiger partial charge in [-0.3, -0.25) is 4.79 Å². The van der Waals surface area contributed by atoms with Gasteiger partial charge < -0.3 is 15.2 Å². The molecule has 0 aliphatic carbocycles. The van der Waals surface area contributed by atoms with E-state index in [9.17, 15) is 14.7 Å². The SMILES string of the molecule is O=C(COC(=O)c1ccc(-c2ccc(O)cc2)cc1)Nc1cccnc1Cl. The summed E-state index contributed by atoms with van der Waals surface area (Å²) < 4.78 is 5.02. The first-order valence-electron chi connectivity index (χ1n) is 8.00. The molecule has 2 aromatic carbocycles. The van der Waals surface area contributed by atoms with Gasteiger partial charge in [0, 0.05) is 6.20 Å². The number of pyridine rings is 1. The van der Waals surface area contributed by atoms with Gasteiger partial charge in [0.25, 0.3) is 5.91 Å². The molecule has 0 aliphatic rings. The Kier molecular flexibility index (Phi) is 5.68. The van der Waals surface area contributed by atoms with Crippen LogP contribution in [-0.2, 0) is 9.53 Å². The van der Waals surface area contributed by atoms with Gasteiger partial charge in [0.2, 0.25) is 0 Å². The van der Waals surface area contributed by atoms with Crippen LogP contribution in [0.3, 0.4) is 0 Å². The minimum Gasteiger partial charge on any atom is -0.508 e. The molecule has 1 heterocycles. The molecular weight excluding hydrogens is 368 g/mol. The number of carbonyl (C=O) groups excluding carboxylic acids is 2. The zero-order valence-corrected chi connectivity index (χ0v) is 14.8. The molecule has 0 radical (unpaired) electrons. The Balaban J connectivity index is 1.57. The minimum atomic E-state index is -0.611. The fraction of sp³-hybridized carbons (Fsp3) is 0.0500. The molecule has 0 fully saturated rings. The highest BCUT2D eigenvalue weighted by Crippen LogP contribution is 2.22. The van der Waals surface area contributed by atoms with Crippen LogP contribution in [0.2, 0.25) is 5.15 Å². The van der Waals surface area contributed by atoms with Gasteiger partial charge in [-0.05, 0) is 47.5 Å². The number of ether oxygens (including phenoxy) is 1. The number of nitrogens with one attached hydrogen (secondary N) is 1. The Labute approximate surface area is 160 Å². The summed E-state index contributed by atoms with van der Waals surface area (Å²) in [5.41, 5.74) is 2.46. The smallest absolute Gasteiger partial charge is 0.338 e. The number of phenols is 1. The van der Waals surface area contributed by atoms with Crippen LogP contribution in [-0.4, -0.2) is 28.6 Å². The quantitative estimate of drug-likeness (QED) is 0.516. The highest BCUT2D eigenvalue weighted by molar-refractivity contribution is 6.32. The van der Waals surface area contributed by atoms with Crippen molar-refractivity contribution in [2.75, 3.05) is 11.9 Å². The number of anilines is 1. The number of benzene rings is 2. The molecule has 3 rings (SSSR count). The average molecular weight is 383 g/mol. The number of nitrogens with zero attached hydrogens (tertiary/aromatic N) is 1. The van der Waals surface area contributed by atoms with Crippen LogP contribution in [0.15, 0.2) is 66.9 Å². The first-order chi connectivity index (χ1) is 13.0. The van der Waals surface area contributed by atoms with E-state index in [2.05, 4.69) is 10.3 Å². The second-order valence-electron chi connectivity index (χ2n) is 5.59. The number of hydrogen-bond acceptors (Lipinski definition) is 5. The number of hydrogen-bond donors (Lipinski definition) is 2. The van der Waals surface area contributed by atoms with Gasteiger partial charge in [-0.15, -0.1) is 0 Å². The third-order valence-electron chi connectivity index (χ3n) is 3.69. The Morgan fingerprint density at radius 2 is 1.63 bits per heavy atom. The molecule has 6 nitrogen and oxygen atoms in total. The summed E-state index contributed by atoms with van der Waals surface area (Å²) in [6.07, 6.45) is 1.50. The van der Waals surface area contributed by atoms with E-state index in [1.54, 1.807) is 60.7 Å². The molecule has 2 N–H and O–H groups in total. The fourth-order valence-electron chi connectivity index (χ4n) is 2.33. The van der Waals surface area contributed by atoms with E-state index < -0.39 is 18.5 Å². The van der Waals surface area contributed by atoms with Crippen molar-refractivity contribution in [2.45, 2.75) is 0 Å². The summed E-state index contributed by atoms with van der Waals surface area (Å²) in [6.45, 7) is -0.441. The molecule has 7 heteroatoms. The second-order valence-corrected chi connectivity index (χ2v) is 5.95. The standard InChI is InChI=1S/C20H15ClN2O4/c21-19-17(2-1-11-22-19)23-18(25)12-27-20(26)15-5-3-13(4-6-15)14-7-9-16(24)10-8-14/h1-11,24H,12H2,(H,23,25). The van der Waals surface area contributed by atoms with E-state index in [1.807, 2.05) is 0 Å². The molecule has 0 saturated carbocycles. The normalized spacial score (nSPS) is 10.3. The maximum atomic E-state index is 12.1. The minimum absolute atomic E-state index is 0.155. The molecule has 27 heavy (non-hydrogen) atoms. The van der Waals surface area contributed by atoms with Crippen LogP contribution in [0.4, 0.5) is 5.69 Å². The summed E-state index contributed by atoms with van der Waals surface area (Å²) in [4.78, 5) is 27.8. The summed E-state index contributed by atoms with van der Waals surface area (Å²) >= 11 is 5.85. The fourth-order valence-corrected chi connectivity index (χ4v) is 2.50. The lowest BCUT2D eigenvalue weighted by Gasteiger charge is -2.08. The Bertz CT molecular complexity index is 956. The Morgan fingerprint density at radius 3 is 2.26 bits per heavy atom. The molecule has 136 valence electrons. The number of halogens is 1. The van der Waals surface area contributed by atoms with E-state index in [0.717, 1.165) is 11.1 Å². The number of phenolic OH excluding ortho intramolecular Hbond substituents is 1. The van der Waals surface area contributed by atoms with E-state index in [-0.39, 0.29) is 10.9 Å². The largest absolute Gasteiger partial charge is 0.508 e. The number of amides is 1. The van der Waals surface area contributed by atoms with Gasteiger partial charge >= 0.3 is 5.97 Å². The maximum Gasteiger partial charge on any atom is 0.338 e. The summed E-state index contributed by atoms with van der Waals surface area (Å²) in [5.74, 6) is -0.941. The van der Waals surface area contributed by atoms with E-state index in [4.69, 9.17) is 16.3 Å². The van der Waals surface area contributed by atoms with Gasteiger partial charge in [-0.1, -0.05) is 35.9 Å². The predicted octanol–water partition coefficient (Wildman–Crippen LogP) is 3.90. The van der Waals surface area contributed by atoms with Crippen LogP contribution in [0.1, 0.15) is 10.4 Å². The van der Waals surface area contributed by atoms with Crippen molar-refractivity contribution >= 4 is 29.2 Å². The predicted molar refractivity (Wildman–Crippen MR) is 102 cm³/mol. The molecule has 0 spiro atoms. The van der Waals surface area contributed by atoms with Crippen LogP contribution in [0.25, 0.3) is 11.1 Å². The average Bonchev–Trinajstić information content (AvgIpc) is 2.69. The maximum absolute atomic E-state index is 12.1. The zero-order valence-electron chi connectivity index (χ0n) is 14.1. The van der Waals surface area contributed by atoms with E-state index in [1.165, 1.54) is 6.20 Å². The lowest BCUT2D eigenvalue weighted by molar-refractivity contribution is -0.119. The molecule has 0 saturated heterocycles. The lowest BCUT2D eigenvalue weighted by Crippen LogP contribution is -2.21. The third kappa shape index (κ3) is 4.83. The number of aromatic nitrogens is 1. The van der Waals surface area contributed by atoms with Gasteiger partial charge in [0.05, 0.1) is 11.3 Å². The van der Waals surface area contributed by atoms with Gasteiger partial charge in [-0.25, -0.2) is 9.78 Å². The van der Waals surface area contributed by atoms with Crippen molar-refractivity contribution < 1.29 is 19.4 Å². The number of esters is 1. The molecule has 3 aromatic rings.